The number of hydrogen-bond acceptors (Lipinski definition) is 26. The number of cyclic esters (lactones) is 1. The third-order valence-electron chi connectivity index (χ3n) is 25.6. The van der Waals surface area contributed by atoms with Crippen molar-refractivity contribution in [3.05, 3.63) is 155 Å². The molecule has 2 unspecified atom stereocenters. The van der Waals surface area contributed by atoms with Crippen molar-refractivity contribution in [1.82, 2.24) is 55.2 Å². The first kappa shape index (κ1) is 95.7. The van der Waals surface area contributed by atoms with Crippen molar-refractivity contribution in [2.75, 3.05) is 127 Å². The van der Waals surface area contributed by atoms with Crippen LogP contribution in [0.4, 0.5) is 22.5 Å². The van der Waals surface area contributed by atoms with Gasteiger partial charge in [-0.1, -0.05) is 63.3 Å². The zero-order chi connectivity index (χ0) is 90.1. The molecular formula is C95H128N14O17S. The Hall–Kier alpha value is -10.4. The zero-order valence-corrected chi connectivity index (χ0v) is 75.5. The number of fused-ring (bicyclic) bond motifs is 4. The number of allylic oxidation sites excluding steroid dienone is 6. The van der Waals surface area contributed by atoms with Gasteiger partial charge in [-0.3, -0.25) is 33.7 Å². The summed E-state index contributed by atoms with van der Waals surface area (Å²) in [6, 6.07) is 12.9. The van der Waals surface area contributed by atoms with E-state index in [1.54, 1.807) is 43.6 Å². The molecule has 0 radical (unpaired) electrons. The van der Waals surface area contributed by atoms with Gasteiger partial charge in [0, 0.05) is 164 Å². The van der Waals surface area contributed by atoms with Crippen LogP contribution >= 0.6 is 0 Å². The van der Waals surface area contributed by atoms with Crippen molar-refractivity contribution < 1.29 is 80.3 Å². The number of sulfone groups is 1. The fraction of sp³-hybridized carbons (Fsp3) is 0.568. The van der Waals surface area contributed by atoms with Crippen molar-refractivity contribution in [3.63, 3.8) is 0 Å². The Labute approximate surface area is 746 Å². The molecule has 5 fully saturated rings. The average molecular weight is 1770 g/mol. The molecule has 9 atom stereocenters. The zero-order valence-electron chi connectivity index (χ0n) is 74.7. The highest BCUT2D eigenvalue weighted by molar-refractivity contribution is 7.91. The topological polar surface area (TPSA) is 380 Å². The average Bonchev–Trinajstić information content (AvgIpc) is 1.77. The van der Waals surface area contributed by atoms with Gasteiger partial charge in [-0.2, -0.15) is 0 Å². The van der Waals surface area contributed by atoms with Crippen molar-refractivity contribution >= 4 is 74.8 Å². The van der Waals surface area contributed by atoms with Gasteiger partial charge >= 0.3 is 12.1 Å². The van der Waals surface area contributed by atoms with Crippen LogP contribution in [0.3, 0.4) is 0 Å². The largest absolute Gasteiger partial charge is 0.491 e. The normalized spacial score (nSPS) is 25.9. The standard InChI is InChI=1S/C95H128N14O17S/c1-63-14-9-8-10-15-65(3)85(121-7)54-77-16-13-18-84(124-77)88(113)91(116)109-35-12-11-17-80(109)92(117)125-75(25-19-64(2)51-68(6)82(111)55-81(110)67(5)50-63)26-20-69-21-27-76(28-22-69)126-95(118)103-58-70-56-99-93(100-57-70)107-42-40-105(41-43-107)87(112)33-46-122-47-44-104-36-38-106(39-37-104)94-101-60-74(61-102-94)89(114)97-34-49-127(119,120)78-29-30-79(66(4)52-78)90(115)108-45-48-123-83-31-23-71(53-73(83)62-108)72-24-32-86(96)98-59-72/h8-10,14-15,23-24,29-32,51-53,56-57,59-61,63-64,67,69,75-77,80,82,84-85,111H,11-13,16-22,25-28,33-50,54-55,58,62H2,1-7H3,(H2,96,98)(H,97,114)(H,103,118)/b10-8+,14-9+,65-15+,68-51+/t63-,64+,67-,69-,75+,76-,77?,80+,82+,84?,85+/m1/s1. The van der Waals surface area contributed by atoms with E-state index in [-0.39, 0.29) is 108 Å². The molecule has 1 aliphatic carbocycles. The van der Waals surface area contributed by atoms with E-state index in [4.69, 9.17) is 34.2 Å². The second-order valence-corrected chi connectivity index (χ2v) is 37.2. The van der Waals surface area contributed by atoms with Gasteiger partial charge < -0.3 is 74.4 Å². The maximum absolute atomic E-state index is 14.5. The number of aliphatic hydroxyl groups excluding tert-OH is 1. The number of aryl methyl sites for hydroxylation is 1. The molecule has 31 nitrogen and oxygen atoms in total. The summed E-state index contributed by atoms with van der Waals surface area (Å²) >= 11 is 0. The van der Waals surface area contributed by atoms with Gasteiger partial charge in [0.15, 0.2) is 9.84 Å². The first-order chi connectivity index (χ1) is 61.2. The summed E-state index contributed by atoms with van der Waals surface area (Å²) in [6.45, 7) is 19.1. The van der Waals surface area contributed by atoms with Crippen molar-refractivity contribution in [3.8, 4) is 16.9 Å². The van der Waals surface area contributed by atoms with Crippen LogP contribution in [-0.2, 0) is 70.6 Å². The van der Waals surface area contributed by atoms with Crippen LogP contribution in [0.15, 0.2) is 132 Å². The van der Waals surface area contributed by atoms with E-state index < -0.39 is 63.9 Å². The van der Waals surface area contributed by atoms with E-state index in [1.807, 2.05) is 90.1 Å². The van der Waals surface area contributed by atoms with Crippen LogP contribution in [0.1, 0.15) is 188 Å². The molecule has 1 saturated carbocycles. The number of ether oxygens (including phenoxy) is 6. The number of carbonyl (C=O) groups is 8. The molecule has 9 heterocycles. The van der Waals surface area contributed by atoms with E-state index in [2.05, 4.69) is 60.4 Å². The van der Waals surface area contributed by atoms with Gasteiger partial charge in [0.1, 0.15) is 48.3 Å². The minimum atomic E-state index is -3.85. The molecule has 5 aromatic rings. The highest BCUT2D eigenvalue weighted by Crippen LogP contribution is 2.36. The third kappa shape index (κ3) is 27.6. The molecule has 5 amide bonds. The van der Waals surface area contributed by atoms with Crippen molar-refractivity contribution in [2.24, 2.45) is 23.7 Å². The Morgan fingerprint density at radius 2 is 1.42 bits per heavy atom. The number of nitrogens with two attached hydrogens (primary N) is 1. The number of piperazine rings is 2. The lowest BCUT2D eigenvalue weighted by Gasteiger charge is -2.36. The molecule has 3 aromatic heterocycles. The fourth-order valence-corrected chi connectivity index (χ4v) is 19.0. The number of methoxy groups -OCH3 is 1. The molecule has 7 aliphatic rings. The molecule has 4 saturated heterocycles. The van der Waals surface area contributed by atoms with E-state index in [9.17, 15) is 51.9 Å². The number of aromatic nitrogens is 5. The number of benzene rings is 2. The quantitative estimate of drug-likeness (QED) is 0.0216. The van der Waals surface area contributed by atoms with Gasteiger partial charge in [0.2, 0.25) is 23.6 Å². The minimum Gasteiger partial charge on any atom is -0.491 e. The molecule has 12 rings (SSSR count). The predicted molar refractivity (Wildman–Crippen MR) is 480 cm³/mol. The number of piperidine rings is 1. The number of hydrogen-bond donors (Lipinski definition) is 4. The molecule has 5 N–H and O–H groups in total. The van der Waals surface area contributed by atoms with Crippen LogP contribution < -0.4 is 30.9 Å². The number of nitrogens with one attached hydrogen (secondary N) is 2. The van der Waals surface area contributed by atoms with Crippen LogP contribution in [0.25, 0.3) is 11.1 Å². The summed E-state index contributed by atoms with van der Waals surface area (Å²) < 4.78 is 63.6. The summed E-state index contributed by atoms with van der Waals surface area (Å²) in [5, 5.41) is 16.8. The van der Waals surface area contributed by atoms with E-state index >= 15 is 0 Å². The number of rotatable bonds is 22. The highest BCUT2D eigenvalue weighted by Gasteiger charge is 2.42. The SMILES string of the molecule is CO[C@H]1CC2CCCC(O2)C(=O)C(=O)N2CCCC[C@H]2C(=O)O[C@H](CC[C@H]2CC[C@H](OC(=O)NCc3cnc(N4CCN(C(=O)CCOCCN5CCN(c6ncc(C(=O)NCCS(=O)(=O)c7ccc(C(=O)N8CCOc9ccc(-c%10ccc(N)nc%10)cc9C8)c(C)c7)cn6)CC5)CC4)nc3)CC2)CC[C@H](C)/C=C(\C)[C@@H](O)CC(=O)[C@H](C)C[C@H](C)/C=C/C=C/C=C/1C. The second kappa shape index (κ2) is 46.6. The Bertz CT molecular complexity index is 4820. The number of nitrogens with zero attached hydrogens (tertiary/aromatic N) is 11. The van der Waals surface area contributed by atoms with E-state index in [1.165, 1.54) is 35.5 Å². The number of amides is 5. The summed E-state index contributed by atoms with van der Waals surface area (Å²) in [7, 11) is -2.20. The Morgan fingerprint density at radius 3 is 2.14 bits per heavy atom. The second-order valence-electron chi connectivity index (χ2n) is 35.1. The summed E-state index contributed by atoms with van der Waals surface area (Å²) in [4.78, 5) is 143. The Balaban J connectivity index is 0.517. The first-order valence-electron chi connectivity index (χ1n) is 45.4. The van der Waals surface area contributed by atoms with Gasteiger partial charge in [0.25, 0.3) is 17.7 Å². The number of aliphatic hydroxyl groups is 1. The van der Waals surface area contributed by atoms with Crippen molar-refractivity contribution in [1.29, 1.82) is 0 Å². The van der Waals surface area contributed by atoms with Crippen LogP contribution in [-0.4, -0.2) is 259 Å². The lowest BCUT2D eigenvalue weighted by Crippen LogP contribution is -2.54. The molecule has 32 heteroatoms. The minimum absolute atomic E-state index is 0.00304. The monoisotopic (exact) mass is 1770 g/mol. The highest BCUT2D eigenvalue weighted by atomic mass is 32.2. The molecule has 2 aromatic carbocycles. The Kier molecular flexibility index (Phi) is 35.1. The predicted octanol–water partition coefficient (Wildman–Crippen LogP) is 10.5. The maximum Gasteiger partial charge on any atom is 0.407 e. The number of carbonyl (C=O) groups excluding carboxylic acids is 8. The molecular weight excluding hydrogens is 1640 g/mol. The molecule has 0 spiro atoms. The smallest absolute Gasteiger partial charge is 0.407 e. The lowest BCUT2D eigenvalue weighted by molar-refractivity contribution is -0.167. The van der Waals surface area contributed by atoms with E-state index in [0.29, 0.717) is 202 Å². The Morgan fingerprint density at radius 1 is 0.685 bits per heavy atom. The summed E-state index contributed by atoms with van der Waals surface area (Å²) in [5.41, 5.74) is 11.8. The molecule has 2 bridgehead atoms. The molecule has 127 heavy (non-hydrogen) atoms. The van der Waals surface area contributed by atoms with Crippen LogP contribution in [0.2, 0.25) is 0 Å². The lowest BCUT2D eigenvalue weighted by atomic mass is 9.83. The number of anilines is 3. The first-order valence-corrected chi connectivity index (χ1v) is 47.0. The number of Topliss-reactive ketones (excluding diaryl/α,β-unsaturated/α-hetero) is 2. The van der Waals surface area contributed by atoms with Gasteiger partial charge in [-0.15, -0.1) is 0 Å². The van der Waals surface area contributed by atoms with E-state index in [0.717, 1.165) is 61.0 Å². The number of esters is 1. The molecule has 6 aliphatic heterocycles. The number of alkyl carbamates (subject to hydrolysis) is 1. The van der Waals surface area contributed by atoms with Crippen molar-refractivity contribution in [2.45, 2.75) is 218 Å². The van der Waals surface area contributed by atoms with Crippen LogP contribution in [0, 0.1) is 30.6 Å². The molecule has 686 valence electrons. The fourth-order valence-electron chi connectivity index (χ4n) is 17.8. The number of pyridine rings is 1. The van der Waals surface area contributed by atoms with Gasteiger partial charge in [-0.05, 0) is 200 Å². The number of ketones is 2. The summed E-state index contributed by atoms with van der Waals surface area (Å²) in [6.07, 6.45) is 26.5. The third-order valence-corrected chi connectivity index (χ3v) is 27.3. The van der Waals surface area contributed by atoms with Gasteiger partial charge in [-0.25, -0.2) is 42.9 Å². The summed E-state index contributed by atoms with van der Waals surface area (Å²) in [5.74, 6) is -0.763. The van der Waals surface area contributed by atoms with Gasteiger partial charge in [0.05, 0.1) is 60.7 Å². The number of nitrogen functional groups attached to an aromatic ring is 1. The maximum atomic E-state index is 14.5. The van der Waals surface area contributed by atoms with Crippen LogP contribution in [0.5, 0.6) is 5.75 Å².